The molecule has 1 aliphatic carbocycles. The lowest BCUT2D eigenvalue weighted by Gasteiger charge is -2.30. The molecule has 0 spiro atoms. The van der Waals surface area contributed by atoms with Crippen molar-refractivity contribution in [1.29, 1.82) is 0 Å². The predicted molar refractivity (Wildman–Crippen MR) is 152 cm³/mol. The summed E-state index contributed by atoms with van der Waals surface area (Å²) in [4.78, 5) is 39.4. The van der Waals surface area contributed by atoms with E-state index in [1.807, 2.05) is 73.7 Å². The molecule has 2 amide bonds. The van der Waals surface area contributed by atoms with Crippen molar-refractivity contribution in [3.8, 4) is 11.1 Å². The molecule has 40 heavy (non-hydrogen) atoms. The molecule has 210 valence electrons. The number of carbonyl (C=O) groups is 3. The molecule has 0 saturated carbocycles. The zero-order valence-electron chi connectivity index (χ0n) is 22.9. The van der Waals surface area contributed by atoms with E-state index in [1.165, 1.54) is 4.90 Å². The highest BCUT2D eigenvalue weighted by molar-refractivity contribution is 5.87. The van der Waals surface area contributed by atoms with Gasteiger partial charge < -0.3 is 24.8 Å². The fourth-order valence-corrected chi connectivity index (χ4v) is 5.07. The van der Waals surface area contributed by atoms with E-state index in [1.54, 1.807) is 6.92 Å². The van der Waals surface area contributed by atoms with Crippen molar-refractivity contribution >= 4 is 18.0 Å². The summed E-state index contributed by atoms with van der Waals surface area (Å²) in [6, 6.07) is 24.6. The van der Waals surface area contributed by atoms with Crippen LogP contribution in [0.3, 0.4) is 0 Å². The van der Waals surface area contributed by atoms with Crippen molar-refractivity contribution in [3.05, 3.63) is 95.6 Å². The second kappa shape index (κ2) is 13.8. The molecule has 0 unspecified atom stereocenters. The van der Waals surface area contributed by atoms with E-state index in [2.05, 4.69) is 17.4 Å². The summed E-state index contributed by atoms with van der Waals surface area (Å²) in [7, 11) is 0. The molecule has 0 aromatic heterocycles. The van der Waals surface area contributed by atoms with E-state index >= 15 is 0 Å². The first-order valence-electron chi connectivity index (χ1n) is 13.7. The Balaban J connectivity index is 1.47. The zero-order valence-corrected chi connectivity index (χ0v) is 22.9. The molecule has 2 N–H and O–H groups in total. The Morgan fingerprint density at radius 3 is 2.10 bits per heavy atom. The molecule has 3 aromatic carbocycles. The van der Waals surface area contributed by atoms with Crippen LogP contribution in [-0.2, 0) is 25.7 Å². The Morgan fingerprint density at radius 1 is 0.900 bits per heavy atom. The van der Waals surface area contributed by atoms with Gasteiger partial charge in [0, 0.05) is 19.0 Å². The summed E-state index contributed by atoms with van der Waals surface area (Å²) in [6.07, 6.45) is -0.979. The van der Waals surface area contributed by atoms with Gasteiger partial charge in [-0.3, -0.25) is 9.59 Å². The number of nitrogens with zero attached hydrogens (tertiary/aromatic N) is 1. The number of rotatable bonds is 13. The molecular weight excluding hydrogens is 508 g/mol. The van der Waals surface area contributed by atoms with Gasteiger partial charge in [0.15, 0.2) is 0 Å². The highest BCUT2D eigenvalue weighted by Crippen LogP contribution is 2.44. The highest BCUT2D eigenvalue weighted by Gasteiger charge is 2.33. The third-order valence-electron chi connectivity index (χ3n) is 7.11. The first-order chi connectivity index (χ1) is 19.4. The van der Waals surface area contributed by atoms with Gasteiger partial charge in [0.1, 0.15) is 12.6 Å². The minimum absolute atomic E-state index is 0.0380. The molecule has 3 aromatic rings. The predicted octanol–water partition coefficient (Wildman–Crippen LogP) is 5.21. The third-order valence-corrected chi connectivity index (χ3v) is 7.11. The lowest BCUT2D eigenvalue weighted by atomic mass is 9.98. The first-order valence-corrected chi connectivity index (χ1v) is 13.7. The van der Waals surface area contributed by atoms with Gasteiger partial charge in [-0.2, -0.15) is 0 Å². The second-order valence-electron chi connectivity index (χ2n) is 9.92. The number of hydrogen-bond donors (Lipinski definition) is 2. The van der Waals surface area contributed by atoms with Crippen LogP contribution in [0.4, 0.5) is 4.79 Å². The van der Waals surface area contributed by atoms with Gasteiger partial charge in [-0.1, -0.05) is 85.8 Å². The average Bonchev–Trinajstić information content (AvgIpc) is 3.29. The number of carboxylic acids is 1. The van der Waals surface area contributed by atoms with Gasteiger partial charge in [-0.15, -0.1) is 0 Å². The number of alkyl carbamates (subject to hydrolysis) is 1. The highest BCUT2D eigenvalue weighted by atomic mass is 16.5. The maximum absolute atomic E-state index is 13.6. The van der Waals surface area contributed by atoms with Gasteiger partial charge in [0.05, 0.1) is 19.1 Å². The van der Waals surface area contributed by atoms with E-state index in [0.717, 1.165) is 27.8 Å². The second-order valence-corrected chi connectivity index (χ2v) is 9.92. The lowest BCUT2D eigenvalue weighted by molar-refractivity contribution is -0.140. The van der Waals surface area contributed by atoms with E-state index in [-0.39, 0.29) is 32.1 Å². The summed E-state index contributed by atoms with van der Waals surface area (Å²) in [6.45, 7) is 4.39. The van der Waals surface area contributed by atoms with Crippen LogP contribution in [-0.4, -0.2) is 59.8 Å². The number of carbonyl (C=O) groups excluding carboxylic acids is 2. The quantitative estimate of drug-likeness (QED) is 0.306. The number of benzene rings is 3. The molecule has 0 saturated heterocycles. The van der Waals surface area contributed by atoms with Crippen LogP contribution in [0.5, 0.6) is 0 Å². The summed E-state index contributed by atoms with van der Waals surface area (Å²) in [5.74, 6) is -1.52. The van der Waals surface area contributed by atoms with Crippen LogP contribution in [0.1, 0.15) is 49.3 Å². The minimum atomic E-state index is -1.06. The Labute approximate surface area is 234 Å². The zero-order chi connectivity index (χ0) is 28.5. The smallest absolute Gasteiger partial charge is 0.407 e. The molecule has 0 radical (unpaired) electrons. The maximum atomic E-state index is 13.6. The fourth-order valence-electron chi connectivity index (χ4n) is 5.07. The van der Waals surface area contributed by atoms with Crippen molar-refractivity contribution in [1.82, 2.24) is 10.2 Å². The lowest BCUT2D eigenvalue weighted by Crippen LogP contribution is -2.55. The molecule has 4 rings (SSSR count). The number of amides is 2. The molecular formula is C32H36N2O6. The van der Waals surface area contributed by atoms with Crippen molar-refractivity contribution < 1.29 is 29.0 Å². The van der Waals surface area contributed by atoms with Gasteiger partial charge in [0.25, 0.3) is 0 Å². The van der Waals surface area contributed by atoms with Crippen LogP contribution in [0, 0.1) is 0 Å². The molecule has 2 atom stereocenters. The van der Waals surface area contributed by atoms with Crippen LogP contribution < -0.4 is 5.32 Å². The standard InChI is InChI=1S/C32H36N2O6/c1-3-18-34(19-17-29(35)36)31(37)30(22(2)39-20-23-11-5-4-6-12-23)33-32(38)40-21-28-26-15-9-7-13-24(26)25-14-8-10-16-27(25)28/h4-16,22,28,30H,3,17-21H2,1-2H3,(H,33,38)(H,35,36)/t22-,30+/m0/s1. The summed E-state index contributed by atoms with van der Waals surface area (Å²) >= 11 is 0. The SMILES string of the molecule is CCCN(CCC(=O)O)C(=O)[C@H](NC(=O)OCC1c2ccccc2-c2ccccc21)[C@H](C)OCc1ccccc1. The maximum Gasteiger partial charge on any atom is 0.407 e. The molecule has 1 aliphatic rings. The Kier molecular flexibility index (Phi) is 9.91. The van der Waals surface area contributed by atoms with Crippen LogP contribution in [0.2, 0.25) is 0 Å². The van der Waals surface area contributed by atoms with Gasteiger partial charge >= 0.3 is 12.1 Å². The third kappa shape index (κ3) is 7.07. The molecule has 0 bridgehead atoms. The van der Waals surface area contributed by atoms with Crippen LogP contribution >= 0.6 is 0 Å². The summed E-state index contributed by atoms with van der Waals surface area (Å²) in [5.41, 5.74) is 5.35. The van der Waals surface area contributed by atoms with E-state index in [9.17, 15) is 19.5 Å². The van der Waals surface area contributed by atoms with E-state index < -0.39 is 30.1 Å². The van der Waals surface area contributed by atoms with Crippen molar-refractivity contribution in [2.24, 2.45) is 0 Å². The topological polar surface area (TPSA) is 105 Å². The Morgan fingerprint density at radius 2 is 1.50 bits per heavy atom. The first kappa shape index (κ1) is 28.8. The van der Waals surface area contributed by atoms with E-state index in [0.29, 0.717) is 13.0 Å². The number of hydrogen-bond acceptors (Lipinski definition) is 5. The van der Waals surface area contributed by atoms with Crippen molar-refractivity contribution in [3.63, 3.8) is 0 Å². The number of aliphatic carboxylic acids is 1. The minimum Gasteiger partial charge on any atom is -0.481 e. The molecule has 0 heterocycles. The molecule has 0 fully saturated rings. The number of fused-ring (bicyclic) bond motifs is 3. The number of nitrogens with one attached hydrogen (secondary N) is 1. The molecule has 0 aliphatic heterocycles. The van der Waals surface area contributed by atoms with Crippen molar-refractivity contribution in [2.75, 3.05) is 19.7 Å². The molecule has 8 heteroatoms. The summed E-state index contributed by atoms with van der Waals surface area (Å²) < 4.78 is 11.7. The van der Waals surface area contributed by atoms with Gasteiger partial charge in [-0.25, -0.2) is 4.79 Å². The van der Waals surface area contributed by atoms with Crippen LogP contribution in [0.15, 0.2) is 78.9 Å². The van der Waals surface area contributed by atoms with Gasteiger partial charge in [0.2, 0.25) is 5.91 Å². The van der Waals surface area contributed by atoms with Gasteiger partial charge in [-0.05, 0) is 41.2 Å². The van der Waals surface area contributed by atoms with Crippen LogP contribution in [0.25, 0.3) is 11.1 Å². The summed E-state index contributed by atoms with van der Waals surface area (Å²) in [5, 5.41) is 11.9. The largest absolute Gasteiger partial charge is 0.481 e. The average molecular weight is 545 g/mol. The molecule has 8 nitrogen and oxygen atoms in total. The number of carboxylic acid groups (broad SMARTS) is 1. The normalized spacial score (nSPS) is 13.6. The van der Waals surface area contributed by atoms with Crippen molar-refractivity contribution in [2.45, 2.75) is 51.4 Å². The Hall–Kier alpha value is -4.17. The van der Waals surface area contributed by atoms with E-state index in [4.69, 9.17) is 9.47 Å². The number of ether oxygens (including phenoxy) is 2. The fraction of sp³-hybridized carbons (Fsp3) is 0.344. The monoisotopic (exact) mass is 544 g/mol. The Bertz CT molecular complexity index is 1270.